The minimum Gasteiger partial charge on any atom is -0.504 e. The van der Waals surface area contributed by atoms with E-state index < -0.39 is 0 Å². The predicted octanol–water partition coefficient (Wildman–Crippen LogP) is 8.60. The molecule has 0 saturated heterocycles. The topological polar surface area (TPSA) is 121 Å². The number of phenols is 6. The summed E-state index contributed by atoms with van der Waals surface area (Å²) in [7, 11) is 0. The quantitative estimate of drug-likeness (QED) is 0.118. The zero-order chi connectivity index (χ0) is 30.8. The lowest BCUT2D eigenvalue weighted by molar-refractivity contribution is 0.402. The van der Waals surface area contributed by atoms with Crippen LogP contribution in [0.25, 0.3) is 33.4 Å². The molecule has 0 amide bonds. The maximum Gasteiger partial charge on any atom is 0.165 e. The molecule has 0 fully saturated rings. The molecule has 216 valence electrons. The molecule has 0 aromatic heterocycles. The second-order valence-electron chi connectivity index (χ2n) is 9.57. The minimum atomic E-state index is -0.0913. The Kier molecular flexibility index (Phi) is 9.90. The molecule has 0 spiro atoms. The van der Waals surface area contributed by atoms with Crippen LogP contribution in [0.3, 0.4) is 0 Å². The van der Waals surface area contributed by atoms with Gasteiger partial charge in [0.05, 0.1) is 0 Å². The molecular weight excluding hydrogens is 540 g/mol. The summed E-state index contributed by atoms with van der Waals surface area (Å²) in [6.07, 6.45) is 0. The van der Waals surface area contributed by atoms with Gasteiger partial charge in [-0.2, -0.15) is 0 Å². The van der Waals surface area contributed by atoms with Crippen LogP contribution in [-0.4, -0.2) is 30.6 Å². The molecule has 0 radical (unpaired) electrons. The average Bonchev–Trinajstić information content (AvgIpc) is 3.04. The van der Waals surface area contributed by atoms with E-state index in [9.17, 15) is 30.6 Å². The van der Waals surface area contributed by atoms with E-state index in [0.717, 1.165) is 16.7 Å². The minimum absolute atomic E-state index is 0.0450. The highest BCUT2D eigenvalue weighted by Gasteiger charge is 2.10. The van der Waals surface area contributed by atoms with E-state index in [2.05, 4.69) is 0 Å². The number of para-hydroxylation sites is 2. The van der Waals surface area contributed by atoms with Crippen molar-refractivity contribution in [1.82, 2.24) is 0 Å². The molecule has 0 aliphatic carbocycles. The molecule has 0 heterocycles. The van der Waals surface area contributed by atoms with Crippen LogP contribution in [0, 0.1) is 6.92 Å². The van der Waals surface area contributed by atoms with Crippen molar-refractivity contribution in [3.63, 3.8) is 0 Å². The Bertz CT molecular complexity index is 1680. The summed E-state index contributed by atoms with van der Waals surface area (Å²) in [6.45, 7) is 1.75. The Morgan fingerprint density at radius 2 is 0.651 bits per heavy atom. The fourth-order valence-electron chi connectivity index (χ4n) is 4.30. The average molecular weight is 573 g/mol. The largest absolute Gasteiger partial charge is 0.504 e. The molecule has 6 aromatic carbocycles. The molecule has 6 heteroatoms. The van der Waals surface area contributed by atoms with E-state index in [4.69, 9.17) is 0 Å². The molecule has 6 nitrogen and oxygen atoms in total. The van der Waals surface area contributed by atoms with Gasteiger partial charge in [0.1, 0.15) is 0 Å². The van der Waals surface area contributed by atoms with Gasteiger partial charge in [-0.1, -0.05) is 127 Å². The van der Waals surface area contributed by atoms with Crippen molar-refractivity contribution in [1.29, 1.82) is 0 Å². The fraction of sp³-hybridized carbons (Fsp3) is 0.0270. The third-order valence-corrected chi connectivity index (χ3v) is 6.64. The van der Waals surface area contributed by atoms with Gasteiger partial charge in [0, 0.05) is 16.7 Å². The highest BCUT2D eigenvalue weighted by Crippen LogP contribution is 2.39. The second-order valence-corrected chi connectivity index (χ2v) is 9.57. The summed E-state index contributed by atoms with van der Waals surface area (Å²) in [5.41, 5.74) is 5.29. The number of hydrogen-bond acceptors (Lipinski definition) is 6. The van der Waals surface area contributed by atoms with Gasteiger partial charge >= 0.3 is 0 Å². The number of rotatable bonds is 3. The first kappa shape index (κ1) is 30.1. The summed E-state index contributed by atoms with van der Waals surface area (Å²) in [4.78, 5) is 0. The van der Waals surface area contributed by atoms with Gasteiger partial charge in [-0.05, 0) is 41.3 Å². The van der Waals surface area contributed by atoms with Gasteiger partial charge in [-0.3, -0.25) is 0 Å². The summed E-state index contributed by atoms with van der Waals surface area (Å²) in [6, 6.07) is 41.8. The zero-order valence-corrected chi connectivity index (χ0v) is 23.5. The van der Waals surface area contributed by atoms with Gasteiger partial charge in [0.15, 0.2) is 34.5 Å². The van der Waals surface area contributed by atoms with E-state index in [1.54, 1.807) is 43.3 Å². The first-order chi connectivity index (χ1) is 20.8. The first-order valence-electron chi connectivity index (χ1n) is 13.5. The highest BCUT2D eigenvalue weighted by molar-refractivity contribution is 5.75. The van der Waals surface area contributed by atoms with Gasteiger partial charge in [0.2, 0.25) is 0 Å². The molecule has 0 unspecified atom stereocenters. The van der Waals surface area contributed by atoms with Crippen molar-refractivity contribution < 1.29 is 30.6 Å². The van der Waals surface area contributed by atoms with Gasteiger partial charge < -0.3 is 30.6 Å². The molecule has 0 atom stereocenters. The van der Waals surface area contributed by atoms with Crippen LogP contribution in [0.2, 0.25) is 0 Å². The van der Waals surface area contributed by atoms with Crippen molar-refractivity contribution in [3.8, 4) is 67.9 Å². The standard InChI is InChI=1S/C13H12O2.2C12H10O2/c1-9-7-8-11(13(15)12(9)14)10-5-3-2-4-6-10;2*13-11-8-4-7-10(12(11)14)9-5-2-1-3-6-9/h2-8,14-15H,1H3;2*1-8,13-14H. The second kappa shape index (κ2) is 14.1. The lowest BCUT2D eigenvalue weighted by atomic mass is 10.0. The third-order valence-electron chi connectivity index (χ3n) is 6.64. The van der Waals surface area contributed by atoms with Crippen LogP contribution in [-0.2, 0) is 0 Å². The smallest absolute Gasteiger partial charge is 0.165 e. The lowest BCUT2D eigenvalue weighted by Gasteiger charge is -2.08. The number of benzene rings is 6. The summed E-state index contributed by atoms with van der Waals surface area (Å²) in [5.74, 6) is -0.423. The van der Waals surface area contributed by atoms with E-state index in [0.29, 0.717) is 22.3 Å². The van der Waals surface area contributed by atoms with Crippen LogP contribution in [0.1, 0.15) is 5.56 Å². The lowest BCUT2D eigenvalue weighted by Crippen LogP contribution is -1.82. The Morgan fingerprint density at radius 1 is 0.302 bits per heavy atom. The molecule has 0 aliphatic heterocycles. The van der Waals surface area contributed by atoms with Crippen molar-refractivity contribution in [2.45, 2.75) is 6.92 Å². The normalized spacial score (nSPS) is 10.1. The van der Waals surface area contributed by atoms with Crippen LogP contribution in [0.15, 0.2) is 140 Å². The Morgan fingerprint density at radius 3 is 1.02 bits per heavy atom. The molecule has 6 N–H and O–H groups in total. The number of hydrogen-bond donors (Lipinski definition) is 6. The van der Waals surface area contributed by atoms with E-state index in [-0.39, 0.29) is 34.5 Å². The predicted molar refractivity (Wildman–Crippen MR) is 170 cm³/mol. The van der Waals surface area contributed by atoms with Crippen LogP contribution >= 0.6 is 0 Å². The highest BCUT2D eigenvalue weighted by atomic mass is 16.3. The van der Waals surface area contributed by atoms with Gasteiger partial charge in [-0.15, -0.1) is 0 Å². The molecule has 6 rings (SSSR count). The van der Waals surface area contributed by atoms with E-state index in [1.807, 2.05) is 91.0 Å². The molecule has 0 bridgehead atoms. The monoisotopic (exact) mass is 572 g/mol. The number of aryl methyl sites for hydroxylation is 1. The van der Waals surface area contributed by atoms with Crippen LogP contribution in [0.5, 0.6) is 34.5 Å². The maximum absolute atomic E-state index is 9.78. The van der Waals surface area contributed by atoms with Crippen LogP contribution in [0.4, 0.5) is 0 Å². The van der Waals surface area contributed by atoms with E-state index in [1.165, 1.54) is 12.1 Å². The van der Waals surface area contributed by atoms with Crippen LogP contribution < -0.4 is 0 Å². The van der Waals surface area contributed by atoms with Crippen molar-refractivity contribution >= 4 is 0 Å². The molecule has 43 heavy (non-hydrogen) atoms. The molecule has 6 aromatic rings. The molecule has 0 saturated carbocycles. The molecular formula is C37H32O6. The molecule has 0 aliphatic rings. The summed E-state index contributed by atoms with van der Waals surface area (Å²) >= 11 is 0. The van der Waals surface area contributed by atoms with Gasteiger partial charge in [0.25, 0.3) is 0 Å². The van der Waals surface area contributed by atoms with Crippen molar-refractivity contribution in [2.24, 2.45) is 0 Å². The summed E-state index contributed by atoms with van der Waals surface area (Å²) < 4.78 is 0. The number of aromatic hydroxyl groups is 6. The number of phenolic OH excluding ortho intramolecular Hbond substituents is 6. The Hall–Kier alpha value is -5.88. The Labute approximate surface area is 250 Å². The van der Waals surface area contributed by atoms with Crippen molar-refractivity contribution in [2.75, 3.05) is 0 Å². The zero-order valence-electron chi connectivity index (χ0n) is 23.5. The Balaban J connectivity index is 0.000000148. The SMILES string of the molecule is Cc1ccc(-c2ccccc2)c(O)c1O.Oc1cccc(-c2ccccc2)c1O.Oc1cccc(-c2ccccc2)c1O. The van der Waals surface area contributed by atoms with Gasteiger partial charge in [-0.25, -0.2) is 0 Å². The first-order valence-corrected chi connectivity index (χ1v) is 13.5. The fourth-order valence-corrected chi connectivity index (χ4v) is 4.30. The van der Waals surface area contributed by atoms with Crippen molar-refractivity contribution in [3.05, 3.63) is 145 Å². The maximum atomic E-state index is 9.78. The summed E-state index contributed by atoms with van der Waals surface area (Å²) in [5, 5.41) is 57.2. The third kappa shape index (κ3) is 7.45. The van der Waals surface area contributed by atoms with E-state index >= 15 is 0 Å².